The topological polar surface area (TPSA) is 79.6 Å². The molecule has 8 nitrogen and oxygen atoms in total. The van der Waals surface area contributed by atoms with Crippen LogP contribution in [0.4, 0.5) is 0 Å². The van der Waals surface area contributed by atoms with Gasteiger partial charge in [-0.05, 0) is 33.1 Å². The van der Waals surface area contributed by atoms with Gasteiger partial charge in [0, 0.05) is 52.5 Å². The number of rotatable bonds is 10. The Hall–Kier alpha value is -1.93. The molecule has 0 aromatic carbocycles. The summed E-state index contributed by atoms with van der Waals surface area (Å²) in [6.45, 7) is 13.8. The predicted octanol–water partition coefficient (Wildman–Crippen LogP) is 1.24. The zero-order valence-electron chi connectivity index (χ0n) is 17.1. The molecule has 0 aliphatic carbocycles. The quantitative estimate of drug-likeness (QED) is 0.276. The van der Waals surface area contributed by atoms with Crippen LogP contribution in [0, 0.1) is 6.92 Å². The molecule has 1 fully saturated rings. The minimum atomic E-state index is 0.436. The number of hydrogen-bond acceptors (Lipinski definition) is 5. The second kappa shape index (κ2) is 11.7. The van der Waals surface area contributed by atoms with Gasteiger partial charge >= 0.3 is 0 Å². The van der Waals surface area contributed by atoms with Crippen LogP contribution in [0.3, 0.4) is 0 Å². The van der Waals surface area contributed by atoms with Crippen LogP contribution in [0.15, 0.2) is 17.6 Å². The number of nitrogens with one attached hydrogen (secondary N) is 2. The minimum absolute atomic E-state index is 0.436. The van der Waals surface area contributed by atoms with Crippen molar-refractivity contribution >= 4 is 5.96 Å². The Morgan fingerprint density at radius 3 is 2.78 bits per heavy atom. The van der Waals surface area contributed by atoms with Gasteiger partial charge in [0.05, 0.1) is 0 Å². The number of ether oxygens (including phenoxy) is 1. The van der Waals surface area contributed by atoms with Crippen LogP contribution >= 0.6 is 0 Å². The number of guanidine groups is 1. The molecular weight excluding hydrogens is 342 g/mol. The summed E-state index contributed by atoms with van der Waals surface area (Å²) in [4.78, 5) is 7.17. The highest BCUT2D eigenvalue weighted by atomic mass is 16.5. The largest absolute Gasteiger partial charge is 0.382 e. The molecule has 0 radical (unpaired) electrons. The first-order valence-corrected chi connectivity index (χ1v) is 9.94. The Kier molecular flexibility index (Phi) is 9.27. The van der Waals surface area contributed by atoms with Crippen molar-refractivity contribution in [2.75, 3.05) is 39.4 Å². The molecule has 1 aliphatic heterocycles. The van der Waals surface area contributed by atoms with Gasteiger partial charge in [-0.25, -0.2) is 4.99 Å². The number of aliphatic imine (C=N–C) groups is 1. The predicted molar refractivity (Wildman–Crippen MR) is 109 cm³/mol. The van der Waals surface area contributed by atoms with E-state index >= 15 is 0 Å². The lowest BCUT2D eigenvalue weighted by atomic mass is 10.1. The number of aryl methyl sites for hydroxylation is 1. The van der Waals surface area contributed by atoms with Crippen molar-refractivity contribution in [1.82, 2.24) is 30.3 Å². The van der Waals surface area contributed by atoms with Gasteiger partial charge in [0.25, 0.3) is 0 Å². The van der Waals surface area contributed by atoms with Crippen LogP contribution in [-0.2, 0) is 18.3 Å². The third-order valence-corrected chi connectivity index (χ3v) is 4.84. The van der Waals surface area contributed by atoms with Crippen molar-refractivity contribution in [3.63, 3.8) is 0 Å². The van der Waals surface area contributed by atoms with Crippen molar-refractivity contribution in [2.45, 2.75) is 45.7 Å². The van der Waals surface area contributed by atoms with Gasteiger partial charge < -0.3 is 19.9 Å². The van der Waals surface area contributed by atoms with Gasteiger partial charge in [-0.1, -0.05) is 6.08 Å². The Morgan fingerprint density at radius 2 is 2.15 bits per heavy atom. The van der Waals surface area contributed by atoms with Crippen molar-refractivity contribution in [3.05, 3.63) is 24.3 Å². The molecule has 2 heterocycles. The number of likely N-dealkylation sites (tertiary alicyclic amines) is 1. The summed E-state index contributed by atoms with van der Waals surface area (Å²) in [5.41, 5.74) is 0. The van der Waals surface area contributed by atoms with Crippen LogP contribution in [-0.4, -0.2) is 71.1 Å². The standard InChI is InChI=1S/C19H35N7O/c1-5-11-26-12-8-17(9-13-26)22-19(20-10-7-14-27-6-2)21-15-18-24-23-16(3)25(18)4/h5,17H,1,6-15H2,2-4H3,(H2,20,21,22). The molecule has 0 amide bonds. The number of aromatic nitrogens is 3. The molecule has 0 atom stereocenters. The Labute approximate surface area is 163 Å². The zero-order valence-corrected chi connectivity index (χ0v) is 17.1. The molecule has 1 aromatic heterocycles. The Morgan fingerprint density at radius 1 is 1.37 bits per heavy atom. The van der Waals surface area contributed by atoms with Crippen LogP contribution in [0.5, 0.6) is 0 Å². The average molecular weight is 378 g/mol. The van der Waals surface area contributed by atoms with E-state index in [-0.39, 0.29) is 0 Å². The lowest BCUT2D eigenvalue weighted by Gasteiger charge is -2.32. The zero-order chi connectivity index (χ0) is 19.5. The molecule has 152 valence electrons. The second-order valence-electron chi connectivity index (χ2n) is 6.87. The molecule has 0 unspecified atom stereocenters. The third-order valence-electron chi connectivity index (χ3n) is 4.84. The molecule has 2 N–H and O–H groups in total. The fourth-order valence-corrected chi connectivity index (χ4v) is 3.05. The monoisotopic (exact) mass is 377 g/mol. The molecule has 8 heteroatoms. The van der Waals surface area contributed by atoms with E-state index in [1.54, 1.807) is 0 Å². The van der Waals surface area contributed by atoms with E-state index in [0.29, 0.717) is 12.6 Å². The number of nitrogens with zero attached hydrogens (tertiary/aromatic N) is 5. The first kappa shape index (κ1) is 21.4. The average Bonchev–Trinajstić information content (AvgIpc) is 2.99. The van der Waals surface area contributed by atoms with Crippen LogP contribution in [0.2, 0.25) is 0 Å². The fourth-order valence-electron chi connectivity index (χ4n) is 3.05. The van der Waals surface area contributed by atoms with E-state index < -0.39 is 0 Å². The Bertz CT molecular complexity index is 591. The lowest BCUT2D eigenvalue weighted by molar-refractivity contribution is 0.145. The lowest BCUT2D eigenvalue weighted by Crippen LogP contribution is -2.49. The summed E-state index contributed by atoms with van der Waals surface area (Å²) < 4.78 is 7.39. The molecular formula is C19H35N7O. The highest BCUT2D eigenvalue weighted by molar-refractivity contribution is 5.80. The smallest absolute Gasteiger partial charge is 0.191 e. The van der Waals surface area contributed by atoms with Crippen molar-refractivity contribution < 1.29 is 4.74 Å². The number of piperidine rings is 1. The molecule has 2 rings (SSSR count). The van der Waals surface area contributed by atoms with Gasteiger partial charge in [0.15, 0.2) is 11.8 Å². The molecule has 1 saturated heterocycles. The van der Waals surface area contributed by atoms with Crippen molar-refractivity contribution in [2.24, 2.45) is 12.0 Å². The van der Waals surface area contributed by atoms with E-state index in [2.05, 4.69) is 32.3 Å². The molecule has 1 aliphatic rings. The highest BCUT2D eigenvalue weighted by Gasteiger charge is 2.19. The maximum absolute atomic E-state index is 5.41. The maximum atomic E-state index is 5.41. The first-order valence-electron chi connectivity index (χ1n) is 9.94. The fraction of sp³-hybridized carbons (Fsp3) is 0.737. The molecule has 27 heavy (non-hydrogen) atoms. The van der Waals surface area contributed by atoms with Crippen LogP contribution in [0.1, 0.15) is 37.8 Å². The van der Waals surface area contributed by atoms with Crippen molar-refractivity contribution in [3.8, 4) is 0 Å². The SMILES string of the molecule is C=CCN1CCC(NC(=NCc2nnc(C)n2C)NCCCOCC)CC1. The van der Waals surface area contributed by atoms with Gasteiger partial charge in [-0.15, -0.1) is 16.8 Å². The van der Waals surface area contributed by atoms with E-state index in [9.17, 15) is 0 Å². The Balaban J connectivity index is 1.89. The molecule has 0 spiro atoms. The molecule has 1 aromatic rings. The van der Waals surface area contributed by atoms with E-state index in [4.69, 9.17) is 9.73 Å². The van der Waals surface area contributed by atoms with Gasteiger partial charge in [-0.3, -0.25) is 4.90 Å². The summed E-state index contributed by atoms with van der Waals surface area (Å²) in [7, 11) is 1.97. The minimum Gasteiger partial charge on any atom is -0.382 e. The second-order valence-corrected chi connectivity index (χ2v) is 6.87. The van der Waals surface area contributed by atoms with Gasteiger partial charge in [-0.2, -0.15) is 0 Å². The first-order chi connectivity index (χ1) is 13.1. The third kappa shape index (κ3) is 7.30. The van der Waals surface area contributed by atoms with Gasteiger partial charge in [0.1, 0.15) is 12.4 Å². The molecule has 0 saturated carbocycles. The normalized spacial score (nSPS) is 16.5. The summed E-state index contributed by atoms with van der Waals surface area (Å²) in [5.74, 6) is 2.60. The summed E-state index contributed by atoms with van der Waals surface area (Å²) in [6, 6.07) is 0.436. The van der Waals surface area contributed by atoms with Crippen LogP contribution in [0.25, 0.3) is 0 Å². The van der Waals surface area contributed by atoms with E-state index in [1.165, 1.54) is 0 Å². The van der Waals surface area contributed by atoms with Gasteiger partial charge in [0.2, 0.25) is 0 Å². The summed E-state index contributed by atoms with van der Waals surface area (Å²) >= 11 is 0. The van der Waals surface area contributed by atoms with Crippen LogP contribution < -0.4 is 10.6 Å². The molecule has 0 bridgehead atoms. The summed E-state index contributed by atoms with van der Waals surface area (Å²) in [5, 5.41) is 15.3. The number of hydrogen-bond donors (Lipinski definition) is 2. The van der Waals surface area contributed by atoms with Crippen molar-refractivity contribution in [1.29, 1.82) is 0 Å². The summed E-state index contributed by atoms with van der Waals surface area (Å²) in [6.07, 6.45) is 5.14. The highest BCUT2D eigenvalue weighted by Crippen LogP contribution is 2.10. The van der Waals surface area contributed by atoms with E-state index in [1.807, 2.05) is 31.5 Å². The maximum Gasteiger partial charge on any atom is 0.191 e. The van der Waals surface area contributed by atoms with E-state index in [0.717, 1.165) is 76.3 Å².